The van der Waals surface area contributed by atoms with Crippen molar-refractivity contribution in [3.63, 3.8) is 0 Å². The van der Waals surface area contributed by atoms with E-state index in [1.165, 1.54) is 7.11 Å². The molecule has 23 atom stereocenters. The van der Waals surface area contributed by atoms with E-state index in [0.29, 0.717) is 18.3 Å². The third-order valence-corrected chi connectivity index (χ3v) is 15.9. The summed E-state index contributed by atoms with van der Waals surface area (Å²) < 4.78 is 41.2. The SMILES string of the molecule is CO[C@@H]1[C@@H](O)[C@H](O[C@H]2CC[C@@]3(C)C(CC[C@@H]4[C@@H]3CC[C@]3(C)[C@@H](C(C)=O)CC[C@]43O)C2)O[C@H](C)[C@@H]1O[C@@H]1O[C@H](CO[C@@H]2O[C@H](CO)[C@@H](O)[C@H](O)[C@H]2O)[C@@H](O)[C@H](O)[C@H]1O. The van der Waals surface area contributed by atoms with Crippen molar-refractivity contribution < 1.29 is 83.9 Å². The van der Waals surface area contributed by atoms with E-state index in [1.54, 1.807) is 13.8 Å². The number of hydrogen-bond donors (Lipinski definition) is 9. The molecule has 0 bridgehead atoms. The van der Waals surface area contributed by atoms with Gasteiger partial charge in [0.2, 0.25) is 0 Å². The summed E-state index contributed by atoms with van der Waals surface area (Å²) in [4.78, 5) is 12.6. The molecule has 7 aliphatic rings. The van der Waals surface area contributed by atoms with Crippen LogP contribution in [-0.2, 0) is 38.0 Å². The highest BCUT2D eigenvalue weighted by molar-refractivity contribution is 5.80. The Kier molecular flexibility index (Phi) is 12.9. The number of aliphatic hydroxyl groups is 9. The summed E-state index contributed by atoms with van der Waals surface area (Å²) in [6, 6.07) is 0. The van der Waals surface area contributed by atoms with Gasteiger partial charge in [0.25, 0.3) is 0 Å². The Labute approximate surface area is 333 Å². The topological polar surface area (TPSA) is 264 Å². The highest BCUT2D eigenvalue weighted by atomic mass is 16.8. The molecule has 0 spiro atoms. The third kappa shape index (κ3) is 7.46. The molecule has 0 aromatic heterocycles. The maximum Gasteiger partial charge on any atom is 0.187 e. The molecule has 0 radical (unpaired) electrons. The van der Waals surface area contributed by atoms with E-state index < -0.39 is 111 Å². The number of ether oxygens (including phenoxy) is 7. The van der Waals surface area contributed by atoms with E-state index in [-0.39, 0.29) is 34.6 Å². The van der Waals surface area contributed by atoms with Crippen molar-refractivity contribution in [2.45, 2.75) is 189 Å². The zero-order chi connectivity index (χ0) is 41.4. The van der Waals surface area contributed by atoms with Crippen molar-refractivity contribution >= 4 is 5.78 Å². The van der Waals surface area contributed by atoms with E-state index >= 15 is 0 Å². The van der Waals surface area contributed by atoms with Crippen LogP contribution < -0.4 is 0 Å². The van der Waals surface area contributed by atoms with Crippen molar-refractivity contribution in [3.05, 3.63) is 0 Å². The number of carbonyl (C=O) groups excluding carboxylic acids is 1. The van der Waals surface area contributed by atoms with Gasteiger partial charge in [0, 0.05) is 18.4 Å². The van der Waals surface area contributed by atoms with E-state index in [0.717, 1.165) is 51.4 Å². The van der Waals surface area contributed by atoms with Gasteiger partial charge in [-0.15, -0.1) is 0 Å². The van der Waals surface area contributed by atoms with Crippen LogP contribution in [0.5, 0.6) is 0 Å². The molecule has 9 N–H and O–H groups in total. The Bertz CT molecular complexity index is 1410. The standard InChI is InChI=1S/C40H66O17/c1-17(42)21-10-13-40(50)23-7-6-19-14-20(8-11-38(19,3)22(23)9-12-39(21,40)4)54-37-32(49)34(51-5)33(18(2)53-37)57-36-31(48)29(46)27(44)25(56-36)16-52-35-30(47)28(45)26(43)24(15-41)55-35/h18-37,41,43-50H,6-16H2,1-5H3/t18-,19?,20+,21-,22+,23-,24-,25-,26-,27-,28+,29+,30-,31-,32-,33+,34-,35-,36+,37+,38+,39-,40+/m1/s1. The van der Waals surface area contributed by atoms with Crippen molar-refractivity contribution in [3.8, 4) is 0 Å². The minimum absolute atomic E-state index is 0.0121. The lowest BCUT2D eigenvalue weighted by atomic mass is 9.43. The Hall–Kier alpha value is -0.970. The Morgan fingerprint density at radius 3 is 2.02 bits per heavy atom. The summed E-state index contributed by atoms with van der Waals surface area (Å²) in [7, 11) is 1.39. The van der Waals surface area contributed by atoms with Gasteiger partial charge >= 0.3 is 0 Å². The molecule has 328 valence electrons. The van der Waals surface area contributed by atoms with Gasteiger partial charge in [-0.25, -0.2) is 0 Å². The number of methoxy groups -OCH3 is 1. The van der Waals surface area contributed by atoms with Gasteiger partial charge in [-0.2, -0.15) is 0 Å². The van der Waals surface area contributed by atoms with Crippen LogP contribution in [0.4, 0.5) is 0 Å². The lowest BCUT2D eigenvalue weighted by Crippen LogP contribution is -2.65. The van der Waals surface area contributed by atoms with Gasteiger partial charge in [0.1, 0.15) is 72.9 Å². The molecule has 3 heterocycles. The zero-order valence-corrected chi connectivity index (χ0v) is 33.6. The number of fused-ring (bicyclic) bond motifs is 5. The number of hydrogen-bond acceptors (Lipinski definition) is 17. The van der Waals surface area contributed by atoms with Crippen molar-refractivity contribution in [1.82, 2.24) is 0 Å². The summed E-state index contributed by atoms with van der Waals surface area (Å²) >= 11 is 0. The molecular formula is C40H66O17. The van der Waals surface area contributed by atoms with Crippen LogP contribution >= 0.6 is 0 Å². The second kappa shape index (κ2) is 16.7. The minimum atomic E-state index is -1.77. The first-order valence-electron chi connectivity index (χ1n) is 20.9. The minimum Gasteiger partial charge on any atom is -0.394 e. The number of rotatable bonds is 10. The number of Topliss-reactive ketones (excluding diaryl/α,β-unsaturated/α-hetero) is 1. The monoisotopic (exact) mass is 818 g/mol. The maximum absolute atomic E-state index is 12.6. The molecule has 0 amide bonds. The number of carbonyl (C=O) groups is 1. The summed E-state index contributed by atoms with van der Waals surface area (Å²) in [5, 5.41) is 96.2. The Balaban J connectivity index is 0.958. The number of ketones is 1. The van der Waals surface area contributed by atoms with Crippen LogP contribution in [0.1, 0.15) is 85.5 Å². The van der Waals surface area contributed by atoms with Gasteiger partial charge < -0.3 is 79.1 Å². The molecule has 0 aromatic carbocycles. The summed E-state index contributed by atoms with van der Waals surface area (Å²) in [5.41, 5.74) is -1.21. The predicted octanol–water partition coefficient (Wildman–Crippen LogP) is -1.14. The molecule has 1 unspecified atom stereocenters. The Morgan fingerprint density at radius 2 is 1.35 bits per heavy atom. The Morgan fingerprint density at radius 1 is 0.702 bits per heavy atom. The average Bonchev–Trinajstić information content (AvgIpc) is 3.47. The fraction of sp³-hybridized carbons (Fsp3) is 0.975. The third-order valence-electron chi connectivity index (χ3n) is 15.9. The summed E-state index contributed by atoms with van der Waals surface area (Å²) in [5.74, 6) is 0.957. The van der Waals surface area contributed by atoms with Crippen LogP contribution in [0, 0.1) is 34.5 Å². The summed E-state index contributed by atoms with van der Waals surface area (Å²) in [6.07, 6.45) is -13.7. The fourth-order valence-corrected chi connectivity index (χ4v) is 12.4. The molecule has 4 aliphatic carbocycles. The maximum atomic E-state index is 12.6. The van der Waals surface area contributed by atoms with Gasteiger partial charge in [-0.1, -0.05) is 13.8 Å². The molecule has 4 saturated carbocycles. The van der Waals surface area contributed by atoms with E-state index in [4.69, 9.17) is 33.2 Å². The van der Waals surface area contributed by atoms with E-state index in [9.17, 15) is 50.8 Å². The first kappa shape index (κ1) is 44.1. The molecule has 7 rings (SSSR count). The van der Waals surface area contributed by atoms with Crippen molar-refractivity contribution in [2.24, 2.45) is 34.5 Å². The lowest BCUT2D eigenvalue weighted by molar-refractivity contribution is -0.367. The number of aliphatic hydroxyl groups excluding tert-OH is 8. The van der Waals surface area contributed by atoms with Crippen LogP contribution in [0.3, 0.4) is 0 Å². The van der Waals surface area contributed by atoms with Crippen molar-refractivity contribution in [2.75, 3.05) is 20.3 Å². The van der Waals surface area contributed by atoms with Gasteiger partial charge in [-0.05, 0) is 94.8 Å². The van der Waals surface area contributed by atoms with Gasteiger partial charge in [0.15, 0.2) is 18.9 Å². The second-order valence-electron chi connectivity index (χ2n) is 18.7. The molecule has 3 aliphatic heterocycles. The van der Waals surface area contributed by atoms with Crippen molar-refractivity contribution in [1.29, 1.82) is 0 Å². The molecule has 7 fully saturated rings. The quantitative estimate of drug-likeness (QED) is 0.118. The molecule has 57 heavy (non-hydrogen) atoms. The molecular weight excluding hydrogens is 752 g/mol. The largest absolute Gasteiger partial charge is 0.394 e. The van der Waals surface area contributed by atoms with Crippen LogP contribution in [-0.4, -0.2) is 176 Å². The first-order valence-corrected chi connectivity index (χ1v) is 20.9. The van der Waals surface area contributed by atoms with Crippen LogP contribution in [0.15, 0.2) is 0 Å². The van der Waals surface area contributed by atoms with E-state index in [2.05, 4.69) is 13.8 Å². The lowest BCUT2D eigenvalue weighted by Gasteiger charge is -2.63. The van der Waals surface area contributed by atoms with Crippen LogP contribution in [0.25, 0.3) is 0 Å². The van der Waals surface area contributed by atoms with Gasteiger partial charge in [-0.3, -0.25) is 4.79 Å². The second-order valence-corrected chi connectivity index (χ2v) is 18.7. The van der Waals surface area contributed by atoms with Gasteiger partial charge in [0.05, 0.1) is 31.0 Å². The zero-order valence-electron chi connectivity index (χ0n) is 33.6. The molecule has 3 saturated heterocycles. The highest BCUT2D eigenvalue weighted by Gasteiger charge is 2.68. The highest BCUT2D eigenvalue weighted by Crippen LogP contribution is 2.69. The normalized spacial score (nSPS) is 55.4. The summed E-state index contributed by atoms with van der Waals surface area (Å²) in [6.45, 7) is 6.67. The average molecular weight is 819 g/mol. The van der Waals surface area contributed by atoms with Crippen LogP contribution in [0.2, 0.25) is 0 Å². The van der Waals surface area contributed by atoms with E-state index in [1.807, 2.05) is 0 Å². The smallest absolute Gasteiger partial charge is 0.187 e. The first-order chi connectivity index (χ1) is 26.9. The predicted molar refractivity (Wildman–Crippen MR) is 195 cm³/mol. The molecule has 0 aromatic rings. The fourth-order valence-electron chi connectivity index (χ4n) is 12.4. The molecule has 17 nitrogen and oxygen atoms in total. The molecule has 17 heteroatoms.